The molecule has 2 nitrogen and oxygen atoms in total. The van der Waals surface area contributed by atoms with E-state index in [-0.39, 0.29) is 4.91 Å². The van der Waals surface area contributed by atoms with E-state index in [1.807, 2.05) is 0 Å². The molecule has 0 unspecified atom stereocenters. The van der Waals surface area contributed by atoms with Crippen molar-refractivity contribution >= 4 is 19.7 Å². The zero-order valence-electron chi connectivity index (χ0n) is 4.54. The third-order valence-corrected chi connectivity index (χ3v) is 2.57. The Morgan fingerprint density at radius 2 is 2.22 bits per heavy atom. The minimum atomic E-state index is -3.43. The summed E-state index contributed by atoms with van der Waals surface area (Å²) in [6.07, 6.45) is 5.36. The van der Waals surface area contributed by atoms with Crippen molar-refractivity contribution in [2.45, 2.75) is 6.42 Å². The normalized spacial score (nSPS) is 18.1. The molecule has 0 saturated carbocycles. The van der Waals surface area contributed by atoms with E-state index < -0.39 is 9.05 Å². The molecule has 1 rings (SSSR count). The summed E-state index contributed by atoms with van der Waals surface area (Å²) < 4.78 is 21.0. The molecular formula is C5H5ClO2S. The van der Waals surface area contributed by atoms with Gasteiger partial charge in [0.2, 0.25) is 0 Å². The Hall–Kier alpha value is -0.280. The van der Waals surface area contributed by atoms with Crippen LogP contribution in [0.3, 0.4) is 0 Å². The van der Waals surface area contributed by atoms with Gasteiger partial charge in [0.25, 0.3) is 9.05 Å². The van der Waals surface area contributed by atoms with Crippen LogP contribution in [0.25, 0.3) is 0 Å². The van der Waals surface area contributed by atoms with E-state index in [1.54, 1.807) is 12.2 Å². The first-order valence-electron chi connectivity index (χ1n) is 2.41. The van der Waals surface area contributed by atoms with Crippen molar-refractivity contribution < 1.29 is 8.42 Å². The molecule has 0 N–H and O–H groups in total. The highest BCUT2D eigenvalue weighted by Gasteiger charge is 2.13. The molecule has 1 aliphatic rings. The predicted octanol–water partition coefficient (Wildman–Crippen LogP) is 1.40. The molecule has 1 aliphatic carbocycles. The minimum Gasteiger partial charge on any atom is -0.207 e. The lowest BCUT2D eigenvalue weighted by atomic mass is 10.5. The number of hydrogen-bond donors (Lipinski definition) is 0. The smallest absolute Gasteiger partial charge is 0.207 e. The summed E-state index contributed by atoms with van der Waals surface area (Å²) in [6.45, 7) is 0. The molecule has 0 aromatic carbocycles. The third kappa shape index (κ3) is 1.56. The van der Waals surface area contributed by atoms with Gasteiger partial charge in [-0.1, -0.05) is 12.2 Å². The van der Waals surface area contributed by atoms with Gasteiger partial charge in [-0.15, -0.1) is 0 Å². The molecule has 0 aliphatic heterocycles. The summed E-state index contributed by atoms with van der Waals surface area (Å²) in [6, 6.07) is 0. The fourth-order valence-corrected chi connectivity index (χ4v) is 1.49. The van der Waals surface area contributed by atoms with Crippen LogP contribution in [0.15, 0.2) is 23.1 Å². The second kappa shape index (κ2) is 2.15. The van der Waals surface area contributed by atoms with E-state index in [2.05, 4.69) is 0 Å². The van der Waals surface area contributed by atoms with Crippen LogP contribution < -0.4 is 0 Å². The van der Waals surface area contributed by atoms with Crippen LogP contribution in [-0.4, -0.2) is 8.42 Å². The lowest BCUT2D eigenvalue weighted by Gasteiger charge is -1.90. The number of rotatable bonds is 1. The van der Waals surface area contributed by atoms with Gasteiger partial charge in [0.05, 0.1) is 4.91 Å². The molecule has 0 fully saturated rings. The molecule has 0 spiro atoms. The summed E-state index contributed by atoms with van der Waals surface area (Å²) in [7, 11) is 1.57. The highest BCUT2D eigenvalue weighted by atomic mass is 35.7. The van der Waals surface area contributed by atoms with Crippen molar-refractivity contribution in [1.82, 2.24) is 0 Å². The highest BCUT2D eigenvalue weighted by Crippen LogP contribution is 2.20. The highest BCUT2D eigenvalue weighted by molar-refractivity contribution is 8.16. The standard InChI is InChI=1S/C5H5ClO2S/c6-9(7,8)5-3-1-2-4-5/h1-3H,4H2. The van der Waals surface area contributed by atoms with Gasteiger partial charge in [0.1, 0.15) is 0 Å². The largest absolute Gasteiger partial charge is 0.257 e. The van der Waals surface area contributed by atoms with Gasteiger partial charge < -0.3 is 0 Å². The first-order valence-corrected chi connectivity index (χ1v) is 4.72. The van der Waals surface area contributed by atoms with Crippen molar-refractivity contribution in [2.24, 2.45) is 0 Å². The summed E-state index contributed by atoms with van der Waals surface area (Å²) in [4.78, 5) is 0.282. The van der Waals surface area contributed by atoms with E-state index in [4.69, 9.17) is 10.7 Å². The maximum Gasteiger partial charge on any atom is 0.257 e. The monoisotopic (exact) mass is 164 g/mol. The van der Waals surface area contributed by atoms with E-state index in [0.717, 1.165) is 0 Å². The van der Waals surface area contributed by atoms with Crippen LogP contribution in [0, 0.1) is 0 Å². The quantitative estimate of drug-likeness (QED) is 0.549. The number of hydrogen-bond acceptors (Lipinski definition) is 2. The molecule has 9 heavy (non-hydrogen) atoms. The van der Waals surface area contributed by atoms with E-state index in [1.165, 1.54) is 6.08 Å². The van der Waals surface area contributed by atoms with Crippen LogP contribution >= 0.6 is 10.7 Å². The van der Waals surface area contributed by atoms with Gasteiger partial charge in [-0.25, -0.2) is 8.42 Å². The lowest BCUT2D eigenvalue weighted by molar-refractivity contribution is 0.614. The van der Waals surface area contributed by atoms with Gasteiger partial charge in [-0.05, 0) is 6.08 Å². The molecule has 0 radical (unpaired) electrons. The molecular weight excluding hydrogens is 160 g/mol. The van der Waals surface area contributed by atoms with E-state index in [9.17, 15) is 8.42 Å². The van der Waals surface area contributed by atoms with Crippen molar-refractivity contribution in [3.8, 4) is 0 Å². The van der Waals surface area contributed by atoms with Gasteiger partial charge >= 0.3 is 0 Å². The topological polar surface area (TPSA) is 34.1 Å². The average Bonchev–Trinajstić information content (AvgIpc) is 2.08. The SMILES string of the molecule is O=S(=O)(Cl)C1=CC=CC1. The van der Waals surface area contributed by atoms with Crippen LogP contribution in [0.1, 0.15) is 6.42 Å². The Bertz CT molecular complexity index is 261. The molecule has 0 aromatic rings. The Morgan fingerprint density at radius 3 is 2.44 bits per heavy atom. The number of allylic oxidation sites excluding steroid dienone is 4. The van der Waals surface area contributed by atoms with Gasteiger partial charge in [0, 0.05) is 17.1 Å². The summed E-state index contributed by atoms with van der Waals surface area (Å²) in [5, 5.41) is 0. The van der Waals surface area contributed by atoms with Gasteiger partial charge in [0.15, 0.2) is 0 Å². The zero-order chi connectivity index (χ0) is 6.91. The van der Waals surface area contributed by atoms with Gasteiger partial charge in [-0.2, -0.15) is 0 Å². The Labute approximate surface area is 58.2 Å². The molecule has 0 aromatic heterocycles. The number of halogens is 1. The molecule has 50 valence electrons. The Kier molecular flexibility index (Phi) is 1.64. The molecule has 4 heteroatoms. The van der Waals surface area contributed by atoms with Crippen molar-refractivity contribution in [3.05, 3.63) is 23.1 Å². The van der Waals surface area contributed by atoms with Crippen LogP contribution in [0.4, 0.5) is 0 Å². The second-order valence-electron chi connectivity index (χ2n) is 1.70. The van der Waals surface area contributed by atoms with E-state index in [0.29, 0.717) is 6.42 Å². The zero-order valence-corrected chi connectivity index (χ0v) is 6.11. The first kappa shape index (κ1) is 6.83. The molecule has 0 bridgehead atoms. The minimum absolute atomic E-state index is 0.282. The second-order valence-corrected chi connectivity index (χ2v) is 4.32. The average molecular weight is 165 g/mol. The van der Waals surface area contributed by atoms with Gasteiger partial charge in [-0.3, -0.25) is 0 Å². The molecule has 0 amide bonds. The van der Waals surface area contributed by atoms with Crippen LogP contribution in [-0.2, 0) is 9.05 Å². The fourth-order valence-electron chi connectivity index (χ4n) is 0.608. The van der Waals surface area contributed by atoms with E-state index >= 15 is 0 Å². The molecule has 0 heterocycles. The third-order valence-electron chi connectivity index (χ3n) is 1.05. The van der Waals surface area contributed by atoms with Crippen molar-refractivity contribution in [2.75, 3.05) is 0 Å². The van der Waals surface area contributed by atoms with Crippen molar-refractivity contribution in [1.29, 1.82) is 0 Å². The van der Waals surface area contributed by atoms with Crippen molar-refractivity contribution in [3.63, 3.8) is 0 Å². The lowest BCUT2D eigenvalue weighted by Crippen LogP contribution is -1.90. The van der Waals surface area contributed by atoms with Crippen LogP contribution in [0.2, 0.25) is 0 Å². The van der Waals surface area contributed by atoms with Crippen LogP contribution in [0.5, 0.6) is 0 Å². The first-order chi connectivity index (χ1) is 4.11. The summed E-state index contributed by atoms with van der Waals surface area (Å²) in [5.74, 6) is 0. The molecule has 0 saturated heterocycles. The Balaban J connectivity index is 2.92. The predicted molar refractivity (Wildman–Crippen MR) is 36.6 cm³/mol. The Morgan fingerprint density at radius 1 is 1.56 bits per heavy atom. The molecule has 0 atom stereocenters. The summed E-state index contributed by atoms with van der Waals surface area (Å²) in [5.41, 5.74) is 0. The fraction of sp³-hybridized carbons (Fsp3) is 0.200. The summed E-state index contributed by atoms with van der Waals surface area (Å²) >= 11 is 0. The maximum absolute atomic E-state index is 10.5. The maximum atomic E-state index is 10.5.